The fourth-order valence-corrected chi connectivity index (χ4v) is 2.02. The summed E-state index contributed by atoms with van der Waals surface area (Å²) < 4.78 is 0. The van der Waals surface area contributed by atoms with Gasteiger partial charge in [0.05, 0.1) is 0 Å². The van der Waals surface area contributed by atoms with Gasteiger partial charge in [-0.25, -0.2) is 0 Å². The third-order valence-corrected chi connectivity index (χ3v) is 3.00. The van der Waals surface area contributed by atoms with Gasteiger partial charge in [0, 0.05) is 10.7 Å². The molecule has 0 aromatic heterocycles. The number of guanidine groups is 1. The second-order valence-electron chi connectivity index (χ2n) is 4.30. The molecule has 0 spiro atoms. The van der Waals surface area contributed by atoms with E-state index in [1.807, 2.05) is 0 Å². The van der Waals surface area contributed by atoms with Crippen LogP contribution >= 0.6 is 11.6 Å². The molecule has 1 aromatic carbocycles. The van der Waals surface area contributed by atoms with Crippen LogP contribution in [-0.2, 0) is 9.59 Å². The average molecular weight is 313 g/mol. The molecule has 21 heavy (non-hydrogen) atoms. The first-order valence-corrected chi connectivity index (χ1v) is 6.60. The first-order chi connectivity index (χ1) is 9.85. The summed E-state index contributed by atoms with van der Waals surface area (Å²) in [6, 6.07) is 5.73. The van der Waals surface area contributed by atoms with Crippen molar-refractivity contribution in [3.63, 3.8) is 0 Å². The number of anilines is 1. The van der Waals surface area contributed by atoms with Gasteiger partial charge >= 0.3 is 5.97 Å². The molecule has 0 aliphatic rings. The zero-order chi connectivity index (χ0) is 16.0. The van der Waals surface area contributed by atoms with E-state index in [1.165, 1.54) is 4.90 Å². The molecule has 1 aromatic rings. The molecule has 0 heterocycles. The number of hydrogen-bond acceptors (Lipinski definition) is 3. The Labute approximate surface area is 127 Å². The minimum atomic E-state index is -1.07. The van der Waals surface area contributed by atoms with Crippen molar-refractivity contribution in [2.75, 3.05) is 11.4 Å². The number of amides is 1. The van der Waals surface area contributed by atoms with E-state index >= 15 is 0 Å². The van der Waals surface area contributed by atoms with Gasteiger partial charge in [0.15, 0.2) is 5.96 Å². The molecule has 0 radical (unpaired) electrons. The van der Waals surface area contributed by atoms with Crippen molar-refractivity contribution in [3.8, 4) is 0 Å². The monoisotopic (exact) mass is 312 g/mol. The number of halogens is 1. The summed E-state index contributed by atoms with van der Waals surface area (Å²) in [7, 11) is 0. The highest BCUT2D eigenvalue weighted by Crippen LogP contribution is 2.22. The van der Waals surface area contributed by atoms with Crippen molar-refractivity contribution < 1.29 is 14.7 Å². The van der Waals surface area contributed by atoms with Crippen LogP contribution in [0.5, 0.6) is 0 Å². The number of nitrogens with zero attached hydrogens (tertiary/aromatic N) is 2. The maximum absolute atomic E-state index is 12.0. The van der Waals surface area contributed by atoms with Gasteiger partial charge in [-0.1, -0.05) is 18.5 Å². The number of aliphatic carboxylic acids is 1. The Morgan fingerprint density at radius 3 is 2.33 bits per heavy atom. The zero-order valence-electron chi connectivity index (χ0n) is 11.5. The van der Waals surface area contributed by atoms with Crippen LogP contribution in [0.25, 0.3) is 0 Å². The first-order valence-electron chi connectivity index (χ1n) is 6.22. The summed E-state index contributed by atoms with van der Waals surface area (Å²) in [6.07, 6.45) is 0.353. The van der Waals surface area contributed by atoms with E-state index in [-0.39, 0.29) is 12.5 Å². The van der Waals surface area contributed by atoms with Gasteiger partial charge in [0.25, 0.3) is 5.91 Å². The fraction of sp³-hybridized carbons (Fsp3) is 0.308. The maximum atomic E-state index is 12.0. The number of nitrogens with two attached hydrogens (primary N) is 2. The van der Waals surface area contributed by atoms with Crippen molar-refractivity contribution in [1.29, 1.82) is 0 Å². The molecule has 0 aliphatic heterocycles. The number of carbonyl (C=O) groups excluding carboxylic acids is 1. The molecule has 0 fully saturated rings. The van der Waals surface area contributed by atoms with Crippen LogP contribution < -0.4 is 16.4 Å². The SMILES string of the molecule is CC[C@H](C(=O)N=C(N)N)N(CC(=O)O)c1ccc(Cl)cc1. The van der Waals surface area contributed by atoms with Crippen LogP contribution in [0.4, 0.5) is 5.69 Å². The smallest absolute Gasteiger partial charge is 0.323 e. The van der Waals surface area contributed by atoms with E-state index in [1.54, 1.807) is 31.2 Å². The summed E-state index contributed by atoms with van der Waals surface area (Å²) in [4.78, 5) is 28.0. The Balaban J connectivity index is 3.15. The molecule has 0 saturated carbocycles. The highest BCUT2D eigenvalue weighted by molar-refractivity contribution is 6.30. The van der Waals surface area contributed by atoms with Gasteiger partial charge < -0.3 is 21.5 Å². The number of rotatable bonds is 6. The van der Waals surface area contributed by atoms with Crippen molar-refractivity contribution >= 4 is 35.1 Å². The summed E-state index contributed by atoms with van der Waals surface area (Å²) in [5.41, 5.74) is 10.9. The quantitative estimate of drug-likeness (QED) is 0.528. The predicted octanol–water partition coefficient (Wildman–Crippen LogP) is 0.810. The normalized spacial score (nSPS) is 11.5. The Hall–Kier alpha value is -2.28. The second-order valence-corrected chi connectivity index (χ2v) is 4.73. The predicted molar refractivity (Wildman–Crippen MR) is 81.3 cm³/mol. The van der Waals surface area contributed by atoms with Crippen molar-refractivity contribution in [1.82, 2.24) is 0 Å². The second kappa shape index (κ2) is 7.49. The Kier molecular flexibility index (Phi) is 5.98. The van der Waals surface area contributed by atoms with Gasteiger partial charge in [-0.05, 0) is 30.7 Å². The minimum absolute atomic E-state index is 0.353. The van der Waals surface area contributed by atoms with Crippen LogP contribution in [0.3, 0.4) is 0 Å². The standard InChI is InChI=1S/C13H17ClN4O3/c1-2-10(12(21)17-13(15)16)18(7-11(19)20)9-5-3-8(14)4-6-9/h3-6,10H,2,7H2,1H3,(H,19,20)(H4,15,16,17,21)/t10-/m1/s1. The zero-order valence-corrected chi connectivity index (χ0v) is 12.2. The number of hydrogen-bond donors (Lipinski definition) is 3. The summed E-state index contributed by atoms with van der Waals surface area (Å²) >= 11 is 5.81. The van der Waals surface area contributed by atoms with Gasteiger partial charge in [0.1, 0.15) is 12.6 Å². The molecule has 1 amide bonds. The summed E-state index contributed by atoms with van der Waals surface area (Å²) in [5, 5.41) is 9.56. The van der Waals surface area contributed by atoms with Crippen LogP contribution in [0.15, 0.2) is 29.3 Å². The largest absolute Gasteiger partial charge is 0.480 e. The lowest BCUT2D eigenvalue weighted by atomic mass is 10.1. The molecule has 114 valence electrons. The van der Waals surface area contributed by atoms with Crippen molar-refractivity contribution in [3.05, 3.63) is 29.3 Å². The molecule has 8 heteroatoms. The molecular formula is C13H17ClN4O3. The van der Waals surface area contributed by atoms with E-state index < -0.39 is 17.9 Å². The number of benzene rings is 1. The summed E-state index contributed by atoms with van der Waals surface area (Å²) in [5.74, 6) is -2.01. The lowest BCUT2D eigenvalue weighted by Gasteiger charge is -2.29. The minimum Gasteiger partial charge on any atom is -0.480 e. The van der Waals surface area contributed by atoms with Crippen LogP contribution in [0, 0.1) is 0 Å². The van der Waals surface area contributed by atoms with Crippen LogP contribution in [0.2, 0.25) is 5.02 Å². The van der Waals surface area contributed by atoms with E-state index in [0.717, 1.165) is 0 Å². The first kappa shape index (κ1) is 16.8. The Morgan fingerprint density at radius 1 is 1.33 bits per heavy atom. The van der Waals surface area contributed by atoms with E-state index in [2.05, 4.69) is 4.99 Å². The van der Waals surface area contributed by atoms with Crippen LogP contribution in [0.1, 0.15) is 13.3 Å². The molecule has 0 unspecified atom stereocenters. The third kappa shape index (κ3) is 4.96. The fourth-order valence-electron chi connectivity index (χ4n) is 1.89. The van der Waals surface area contributed by atoms with Gasteiger partial charge in [-0.2, -0.15) is 4.99 Å². The molecular weight excluding hydrogens is 296 g/mol. The number of carboxylic acids is 1. The Bertz CT molecular complexity index is 541. The molecule has 5 N–H and O–H groups in total. The number of aliphatic imine (C=N–C) groups is 1. The Morgan fingerprint density at radius 2 is 1.90 bits per heavy atom. The van der Waals surface area contributed by atoms with Gasteiger partial charge in [-0.3, -0.25) is 9.59 Å². The van der Waals surface area contributed by atoms with Gasteiger partial charge in [-0.15, -0.1) is 0 Å². The van der Waals surface area contributed by atoms with Crippen molar-refractivity contribution in [2.45, 2.75) is 19.4 Å². The third-order valence-electron chi connectivity index (χ3n) is 2.75. The number of carbonyl (C=O) groups is 2. The van der Waals surface area contributed by atoms with E-state index in [4.69, 9.17) is 28.2 Å². The van der Waals surface area contributed by atoms with E-state index in [0.29, 0.717) is 17.1 Å². The van der Waals surface area contributed by atoms with Gasteiger partial charge in [0.2, 0.25) is 0 Å². The molecule has 0 bridgehead atoms. The lowest BCUT2D eigenvalue weighted by Crippen LogP contribution is -2.44. The topological polar surface area (TPSA) is 122 Å². The average Bonchev–Trinajstić information content (AvgIpc) is 2.38. The molecule has 1 rings (SSSR count). The highest BCUT2D eigenvalue weighted by Gasteiger charge is 2.26. The highest BCUT2D eigenvalue weighted by atomic mass is 35.5. The molecule has 1 atom stereocenters. The van der Waals surface area contributed by atoms with E-state index in [9.17, 15) is 9.59 Å². The van der Waals surface area contributed by atoms with Crippen molar-refractivity contribution in [2.24, 2.45) is 16.5 Å². The lowest BCUT2D eigenvalue weighted by molar-refractivity contribution is -0.135. The molecule has 7 nitrogen and oxygen atoms in total. The summed E-state index contributed by atoms with van der Waals surface area (Å²) in [6.45, 7) is 1.39. The number of carboxylic acid groups (broad SMARTS) is 1. The molecule has 0 saturated heterocycles. The molecule has 0 aliphatic carbocycles. The van der Waals surface area contributed by atoms with Crippen LogP contribution in [-0.4, -0.2) is 35.5 Å². The maximum Gasteiger partial charge on any atom is 0.323 e.